The second-order valence-corrected chi connectivity index (χ2v) is 6.68. The lowest BCUT2D eigenvalue weighted by Gasteiger charge is -2.27. The van der Waals surface area contributed by atoms with Crippen LogP contribution in [0.1, 0.15) is 45.8 Å². The minimum absolute atomic E-state index is 0.229. The van der Waals surface area contributed by atoms with Crippen LogP contribution in [-0.2, 0) is 0 Å². The Kier molecular flexibility index (Phi) is 3.86. The molecule has 1 aliphatic heterocycles. The van der Waals surface area contributed by atoms with Gasteiger partial charge in [0, 0.05) is 13.1 Å². The van der Waals surface area contributed by atoms with Crippen molar-refractivity contribution in [1.29, 1.82) is 0 Å². The van der Waals surface area contributed by atoms with Gasteiger partial charge in [-0.25, -0.2) is 4.39 Å². The first kappa shape index (κ1) is 14.3. The molecule has 2 nitrogen and oxygen atoms in total. The number of hydrogen-bond donors (Lipinski definition) is 1. The second-order valence-electron chi connectivity index (χ2n) is 6.68. The summed E-state index contributed by atoms with van der Waals surface area (Å²) in [5.41, 5.74) is 1.56. The lowest BCUT2D eigenvalue weighted by molar-refractivity contribution is 0.199. The maximum absolute atomic E-state index is 14.1. The van der Waals surface area contributed by atoms with E-state index in [-0.39, 0.29) is 11.2 Å². The van der Waals surface area contributed by atoms with Crippen molar-refractivity contribution in [3.63, 3.8) is 0 Å². The van der Waals surface area contributed by atoms with Crippen molar-refractivity contribution >= 4 is 5.69 Å². The standard InChI is InChI=1S/C16H24FNO/c1-11(19)12-5-6-15(14(17)9-12)18-8-7-13(10-18)16(2,3)4/h5-6,9,11,13,19H,7-8,10H2,1-4H3. The molecule has 0 bridgehead atoms. The Morgan fingerprint density at radius 2 is 2.05 bits per heavy atom. The largest absolute Gasteiger partial charge is 0.389 e. The van der Waals surface area contributed by atoms with Gasteiger partial charge in [0.15, 0.2) is 0 Å². The predicted molar refractivity (Wildman–Crippen MR) is 76.8 cm³/mol. The Balaban J connectivity index is 2.16. The van der Waals surface area contributed by atoms with E-state index in [1.807, 2.05) is 6.07 Å². The Morgan fingerprint density at radius 1 is 1.37 bits per heavy atom. The highest BCUT2D eigenvalue weighted by Crippen LogP contribution is 2.36. The van der Waals surface area contributed by atoms with E-state index in [1.54, 1.807) is 13.0 Å². The summed E-state index contributed by atoms with van der Waals surface area (Å²) in [5.74, 6) is 0.372. The topological polar surface area (TPSA) is 23.5 Å². The lowest BCUT2D eigenvalue weighted by atomic mass is 9.80. The van der Waals surface area contributed by atoms with Crippen molar-refractivity contribution in [3.05, 3.63) is 29.6 Å². The summed E-state index contributed by atoms with van der Waals surface area (Å²) in [5, 5.41) is 9.47. The fraction of sp³-hybridized carbons (Fsp3) is 0.625. The van der Waals surface area contributed by atoms with Gasteiger partial charge >= 0.3 is 0 Å². The Morgan fingerprint density at radius 3 is 2.53 bits per heavy atom. The normalized spacial score (nSPS) is 21.8. The SMILES string of the molecule is CC(O)c1ccc(N2CCC(C(C)(C)C)C2)c(F)c1. The molecule has 0 radical (unpaired) electrons. The van der Waals surface area contributed by atoms with Crippen LogP contribution in [0, 0.1) is 17.2 Å². The predicted octanol–water partition coefficient (Wildman–Crippen LogP) is 3.75. The summed E-state index contributed by atoms with van der Waals surface area (Å²) in [6.07, 6.45) is 0.491. The van der Waals surface area contributed by atoms with Crippen LogP contribution in [0.2, 0.25) is 0 Å². The Hall–Kier alpha value is -1.09. The van der Waals surface area contributed by atoms with Gasteiger partial charge in [-0.1, -0.05) is 26.8 Å². The van der Waals surface area contributed by atoms with Gasteiger partial charge in [0.25, 0.3) is 0 Å². The molecule has 2 unspecified atom stereocenters. The molecule has 3 heteroatoms. The highest BCUT2D eigenvalue weighted by Gasteiger charge is 2.32. The number of anilines is 1. The number of benzene rings is 1. The second kappa shape index (κ2) is 5.12. The minimum atomic E-state index is -0.621. The maximum atomic E-state index is 14.1. The van der Waals surface area contributed by atoms with Gasteiger partial charge < -0.3 is 10.0 Å². The number of nitrogens with zero attached hydrogens (tertiary/aromatic N) is 1. The first-order chi connectivity index (χ1) is 8.79. The van der Waals surface area contributed by atoms with Gasteiger partial charge in [0.2, 0.25) is 0 Å². The molecular weight excluding hydrogens is 241 g/mol. The molecule has 2 atom stereocenters. The molecule has 0 aliphatic carbocycles. The van der Waals surface area contributed by atoms with E-state index in [9.17, 15) is 9.50 Å². The number of aliphatic hydroxyl groups is 1. The summed E-state index contributed by atoms with van der Waals surface area (Å²) in [4.78, 5) is 2.12. The molecule has 2 rings (SSSR count). The minimum Gasteiger partial charge on any atom is -0.389 e. The molecular formula is C16H24FNO. The smallest absolute Gasteiger partial charge is 0.146 e. The van der Waals surface area contributed by atoms with E-state index < -0.39 is 6.10 Å². The van der Waals surface area contributed by atoms with Crippen LogP contribution in [0.3, 0.4) is 0 Å². The summed E-state index contributed by atoms with van der Waals surface area (Å²) in [6.45, 7) is 10.2. The number of halogens is 1. The average molecular weight is 265 g/mol. The molecule has 1 N–H and O–H groups in total. The molecule has 1 aromatic rings. The van der Waals surface area contributed by atoms with Gasteiger partial charge in [0.05, 0.1) is 11.8 Å². The van der Waals surface area contributed by atoms with Crippen LogP contribution in [0.25, 0.3) is 0 Å². The first-order valence-electron chi connectivity index (χ1n) is 7.01. The molecule has 1 aromatic carbocycles. The van der Waals surface area contributed by atoms with Gasteiger partial charge in [-0.2, -0.15) is 0 Å². The van der Waals surface area contributed by atoms with Crippen LogP contribution in [-0.4, -0.2) is 18.2 Å². The molecule has 1 aliphatic rings. The zero-order chi connectivity index (χ0) is 14.2. The maximum Gasteiger partial charge on any atom is 0.146 e. The number of rotatable bonds is 2. The summed E-state index contributed by atoms with van der Waals surface area (Å²) < 4.78 is 14.1. The van der Waals surface area contributed by atoms with Crippen molar-refractivity contribution in [1.82, 2.24) is 0 Å². The first-order valence-corrected chi connectivity index (χ1v) is 7.01. The Bertz CT molecular complexity index is 451. The third kappa shape index (κ3) is 3.08. The summed E-state index contributed by atoms with van der Waals surface area (Å²) >= 11 is 0. The molecule has 0 aromatic heterocycles. The molecule has 0 saturated carbocycles. The van der Waals surface area contributed by atoms with Crippen molar-refractivity contribution in [2.24, 2.45) is 11.3 Å². The van der Waals surface area contributed by atoms with Gasteiger partial charge in [0.1, 0.15) is 5.82 Å². The van der Waals surface area contributed by atoms with Gasteiger partial charge in [-0.15, -0.1) is 0 Å². The van der Waals surface area contributed by atoms with Crippen LogP contribution in [0.5, 0.6) is 0 Å². The van der Waals surface area contributed by atoms with E-state index in [4.69, 9.17) is 0 Å². The molecule has 106 valence electrons. The van der Waals surface area contributed by atoms with Crippen LogP contribution >= 0.6 is 0 Å². The fourth-order valence-corrected chi connectivity index (χ4v) is 2.73. The summed E-state index contributed by atoms with van der Waals surface area (Å²) in [6, 6.07) is 5.06. The third-order valence-corrected chi connectivity index (χ3v) is 4.21. The van der Waals surface area contributed by atoms with E-state index in [0.29, 0.717) is 17.2 Å². The van der Waals surface area contributed by atoms with E-state index >= 15 is 0 Å². The lowest BCUT2D eigenvalue weighted by Crippen LogP contribution is -2.26. The van der Waals surface area contributed by atoms with E-state index in [1.165, 1.54) is 6.07 Å². The van der Waals surface area contributed by atoms with Crippen molar-refractivity contribution in [2.45, 2.75) is 40.2 Å². The third-order valence-electron chi connectivity index (χ3n) is 4.21. The molecule has 1 fully saturated rings. The zero-order valence-corrected chi connectivity index (χ0v) is 12.3. The van der Waals surface area contributed by atoms with Crippen LogP contribution in [0.15, 0.2) is 18.2 Å². The Labute approximate surface area is 115 Å². The molecule has 1 heterocycles. The van der Waals surface area contributed by atoms with Crippen molar-refractivity contribution < 1.29 is 9.50 Å². The van der Waals surface area contributed by atoms with E-state index in [0.717, 1.165) is 19.5 Å². The van der Waals surface area contributed by atoms with E-state index in [2.05, 4.69) is 25.7 Å². The molecule has 19 heavy (non-hydrogen) atoms. The highest BCUT2D eigenvalue weighted by atomic mass is 19.1. The summed E-state index contributed by atoms with van der Waals surface area (Å²) in [7, 11) is 0. The quantitative estimate of drug-likeness (QED) is 0.880. The van der Waals surface area contributed by atoms with Crippen LogP contribution < -0.4 is 4.90 Å². The van der Waals surface area contributed by atoms with Crippen molar-refractivity contribution in [2.75, 3.05) is 18.0 Å². The zero-order valence-electron chi connectivity index (χ0n) is 12.3. The fourth-order valence-electron chi connectivity index (χ4n) is 2.73. The monoisotopic (exact) mass is 265 g/mol. The average Bonchev–Trinajstić information content (AvgIpc) is 2.77. The van der Waals surface area contributed by atoms with Crippen LogP contribution in [0.4, 0.5) is 10.1 Å². The molecule has 0 amide bonds. The molecule has 0 spiro atoms. The number of hydrogen-bond acceptors (Lipinski definition) is 2. The molecule has 1 saturated heterocycles. The van der Waals surface area contributed by atoms with Gasteiger partial charge in [-0.3, -0.25) is 0 Å². The van der Waals surface area contributed by atoms with Gasteiger partial charge in [-0.05, 0) is 42.4 Å². The van der Waals surface area contributed by atoms with Crippen molar-refractivity contribution in [3.8, 4) is 0 Å². The number of aliphatic hydroxyl groups excluding tert-OH is 1. The highest BCUT2D eigenvalue weighted by molar-refractivity contribution is 5.50.